The third-order valence-electron chi connectivity index (χ3n) is 6.21. The Bertz CT molecular complexity index is 679. The lowest BCUT2D eigenvalue weighted by molar-refractivity contribution is 0.0566. The summed E-state index contributed by atoms with van der Waals surface area (Å²) in [5, 5.41) is 20.8. The zero-order valence-electron chi connectivity index (χ0n) is 15.7. The number of nitrogens with zero attached hydrogens (tertiary/aromatic N) is 3. The van der Waals surface area contributed by atoms with E-state index in [1.54, 1.807) is 23.5 Å². The number of nitrogens with two attached hydrogens (primary N) is 1. The van der Waals surface area contributed by atoms with Crippen molar-refractivity contribution in [2.24, 2.45) is 33.4 Å². The molecule has 2 bridgehead atoms. The number of aliphatic imine (C=N–C) groups is 1. The summed E-state index contributed by atoms with van der Waals surface area (Å²) in [7, 11) is 0. The van der Waals surface area contributed by atoms with E-state index in [2.05, 4.69) is 38.1 Å². The molecule has 0 radical (unpaired) electrons. The van der Waals surface area contributed by atoms with Gasteiger partial charge in [0, 0.05) is 11.8 Å². The Labute approximate surface area is 165 Å². The molecular weight excluding hydrogens is 360 g/mol. The van der Waals surface area contributed by atoms with Crippen LogP contribution in [-0.4, -0.2) is 21.5 Å². The van der Waals surface area contributed by atoms with Crippen LogP contribution in [0, 0.1) is 45.3 Å². The first-order chi connectivity index (χ1) is 12.6. The molecule has 0 unspecified atom stereocenters. The van der Waals surface area contributed by atoms with Crippen molar-refractivity contribution in [2.75, 3.05) is 11.5 Å². The molecule has 2 N–H and O–H groups in total. The van der Waals surface area contributed by atoms with Gasteiger partial charge in [0.1, 0.15) is 16.7 Å². The lowest BCUT2D eigenvalue weighted by atomic mass is 9.46. The third-order valence-corrected chi connectivity index (χ3v) is 9.51. The number of allylic oxidation sites excluding steroid dienone is 2. The first-order valence-corrected chi connectivity index (χ1v) is 11.7. The fourth-order valence-corrected chi connectivity index (χ4v) is 8.60. The highest BCUT2D eigenvalue weighted by Gasteiger charge is 2.78. The lowest BCUT2D eigenvalue weighted by Gasteiger charge is -2.56. The van der Waals surface area contributed by atoms with Crippen LogP contribution in [0.3, 0.4) is 0 Å². The topological polar surface area (TPSA) is 86.0 Å². The standard InChI is InChI=1S/C20H28N4S2/c1-3-5-11-25-20(26-12-6-4-2)19(14-22)16-9-7-15(8-10-16)18(19,13-21)17(23)24-20/h7,9,15-16H,3-6,8,10-12H2,1-2H3,(H2,23,24)/t15-,16+,18-,19-/m1/s1. The van der Waals surface area contributed by atoms with E-state index in [0.717, 1.165) is 50.0 Å². The van der Waals surface area contributed by atoms with Crippen molar-refractivity contribution in [2.45, 2.75) is 56.6 Å². The summed E-state index contributed by atoms with van der Waals surface area (Å²) < 4.78 is -0.667. The molecule has 0 saturated heterocycles. The van der Waals surface area contributed by atoms with E-state index in [9.17, 15) is 10.5 Å². The molecule has 1 heterocycles. The zero-order valence-corrected chi connectivity index (χ0v) is 17.3. The molecule has 4 atom stereocenters. The van der Waals surface area contributed by atoms with Gasteiger partial charge < -0.3 is 5.73 Å². The molecule has 4 nitrogen and oxygen atoms in total. The Kier molecular flexibility index (Phi) is 5.66. The van der Waals surface area contributed by atoms with Gasteiger partial charge in [0.2, 0.25) is 0 Å². The maximum absolute atomic E-state index is 10.5. The number of amidine groups is 1. The van der Waals surface area contributed by atoms with Crippen LogP contribution in [0.15, 0.2) is 17.1 Å². The van der Waals surface area contributed by atoms with Crippen molar-refractivity contribution in [3.8, 4) is 12.1 Å². The van der Waals surface area contributed by atoms with Gasteiger partial charge in [-0.25, -0.2) is 4.99 Å². The van der Waals surface area contributed by atoms with Crippen molar-refractivity contribution in [3.05, 3.63) is 12.2 Å². The van der Waals surface area contributed by atoms with E-state index in [1.165, 1.54) is 0 Å². The molecule has 0 aromatic rings. The van der Waals surface area contributed by atoms with Crippen LogP contribution >= 0.6 is 23.5 Å². The van der Waals surface area contributed by atoms with Gasteiger partial charge in [0.25, 0.3) is 0 Å². The van der Waals surface area contributed by atoms with Crippen LogP contribution in [0.2, 0.25) is 0 Å². The first-order valence-electron chi connectivity index (χ1n) is 9.73. The Morgan fingerprint density at radius 1 is 1.08 bits per heavy atom. The molecule has 1 saturated carbocycles. The van der Waals surface area contributed by atoms with Crippen molar-refractivity contribution >= 4 is 29.4 Å². The fraction of sp³-hybridized carbons (Fsp3) is 0.750. The summed E-state index contributed by atoms with van der Waals surface area (Å²) in [5.41, 5.74) is 4.64. The minimum absolute atomic E-state index is 0.00123. The maximum Gasteiger partial charge on any atom is 0.175 e. The fourth-order valence-electron chi connectivity index (χ4n) is 4.85. The molecule has 0 aromatic carbocycles. The van der Waals surface area contributed by atoms with Crippen LogP contribution in [0.5, 0.6) is 0 Å². The molecule has 0 amide bonds. The number of hydrogen-bond acceptors (Lipinski definition) is 6. The Balaban J connectivity index is 2.13. The number of rotatable bonds is 8. The van der Waals surface area contributed by atoms with Crippen LogP contribution < -0.4 is 5.73 Å². The molecule has 0 aromatic heterocycles. The minimum Gasteiger partial charge on any atom is -0.386 e. The Hall–Kier alpha value is -1.11. The van der Waals surface area contributed by atoms with Gasteiger partial charge in [-0.2, -0.15) is 10.5 Å². The SMILES string of the molecule is CCCCSC1(SCCCC)N=C(N)[C@@]2(C#N)[C@@H]3C=C[C@@H](CC3)[C@@]12C#N. The molecule has 140 valence electrons. The van der Waals surface area contributed by atoms with E-state index in [1.807, 2.05) is 0 Å². The molecule has 4 aliphatic rings. The summed E-state index contributed by atoms with van der Waals surface area (Å²) >= 11 is 3.52. The second kappa shape index (κ2) is 7.49. The van der Waals surface area contributed by atoms with Crippen molar-refractivity contribution in [1.82, 2.24) is 0 Å². The summed E-state index contributed by atoms with van der Waals surface area (Å²) in [6.45, 7) is 4.35. The first kappa shape index (κ1) is 19.6. The monoisotopic (exact) mass is 388 g/mol. The van der Waals surface area contributed by atoms with E-state index in [0.29, 0.717) is 5.84 Å². The smallest absolute Gasteiger partial charge is 0.175 e. The summed E-state index contributed by atoms with van der Waals surface area (Å²) in [6.07, 6.45) is 10.6. The predicted octanol–water partition coefficient (Wildman–Crippen LogP) is 4.69. The zero-order chi connectivity index (χ0) is 18.8. The normalized spacial score (nSPS) is 36.2. The molecule has 1 fully saturated rings. The number of hydrogen-bond donors (Lipinski definition) is 1. The molecular formula is C20H28N4S2. The van der Waals surface area contributed by atoms with Crippen molar-refractivity contribution in [1.29, 1.82) is 10.5 Å². The molecule has 4 rings (SSSR count). The van der Waals surface area contributed by atoms with Crippen molar-refractivity contribution in [3.63, 3.8) is 0 Å². The van der Waals surface area contributed by atoms with Crippen LogP contribution in [0.4, 0.5) is 0 Å². The number of fused-ring (bicyclic) bond motifs is 1. The van der Waals surface area contributed by atoms with Gasteiger partial charge in [0.15, 0.2) is 4.20 Å². The second-order valence-electron chi connectivity index (χ2n) is 7.50. The molecule has 6 heteroatoms. The molecule has 26 heavy (non-hydrogen) atoms. The van der Waals surface area contributed by atoms with Crippen molar-refractivity contribution < 1.29 is 0 Å². The molecule has 3 aliphatic carbocycles. The highest BCUT2D eigenvalue weighted by atomic mass is 32.2. The summed E-state index contributed by atoms with van der Waals surface area (Å²) in [5.74, 6) is 2.33. The number of nitriles is 2. The van der Waals surface area contributed by atoms with Gasteiger partial charge in [-0.3, -0.25) is 0 Å². The average molecular weight is 389 g/mol. The molecule has 1 aliphatic heterocycles. The van der Waals surface area contributed by atoms with Crippen LogP contribution in [0.25, 0.3) is 0 Å². The highest BCUT2D eigenvalue weighted by Crippen LogP contribution is 2.73. The van der Waals surface area contributed by atoms with Gasteiger partial charge in [-0.1, -0.05) is 38.8 Å². The van der Waals surface area contributed by atoms with E-state index in [-0.39, 0.29) is 11.8 Å². The number of thioether (sulfide) groups is 2. The second-order valence-corrected chi connectivity index (χ2v) is 10.3. The summed E-state index contributed by atoms with van der Waals surface area (Å²) in [6, 6.07) is 5.20. The van der Waals surface area contributed by atoms with Crippen LogP contribution in [-0.2, 0) is 0 Å². The van der Waals surface area contributed by atoms with Crippen LogP contribution in [0.1, 0.15) is 52.4 Å². The largest absolute Gasteiger partial charge is 0.386 e. The Morgan fingerprint density at radius 2 is 1.65 bits per heavy atom. The van der Waals surface area contributed by atoms with Gasteiger partial charge in [-0.15, -0.1) is 23.5 Å². The number of unbranched alkanes of at least 4 members (excludes halogenated alkanes) is 2. The van der Waals surface area contributed by atoms with Gasteiger partial charge in [0.05, 0.1) is 12.1 Å². The third kappa shape index (κ3) is 2.38. The van der Waals surface area contributed by atoms with Gasteiger partial charge in [-0.05, 0) is 37.2 Å². The summed E-state index contributed by atoms with van der Waals surface area (Å²) in [4.78, 5) is 4.97. The maximum atomic E-state index is 10.5. The van der Waals surface area contributed by atoms with E-state index in [4.69, 9.17) is 10.7 Å². The quantitative estimate of drug-likeness (QED) is 0.370. The average Bonchev–Trinajstić information content (AvgIpc) is 2.91. The predicted molar refractivity (Wildman–Crippen MR) is 111 cm³/mol. The van der Waals surface area contributed by atoms with E-state index < -0.39 is 15.0 Å². The molecule has 0 spiro atoms. The van der Waals surface area contributed by atoms with Gasteiger partial charge >= 0.3 is 0 Å². The van der Waals surface area contributed by atoms with E-state index >= 15 is 0 Å². The minimum atomic E-state index is -0.974. The lowest BCUT2D eigenvalue weighted by Crippen LogP contribution is -2.62. The Morgan fingerprint density at radius 3 is 2.12 bits per heavy atom. The highest BCUT2D eigenvalue weighted by molar-refractivity contribution is 8.18.